The van der Waals surface area contributed by atoms with Crippen LogP contribution in [0, 0.1) is 0 Å². The fourth-order valence-electron chi connectivity index (χ4n) is 1.72. The lowest BCUT2D eigenvalue weighted by molar-refractivity contribution is 0.101. The van der Waals surface area contributed by atoms with E-state index in [0.717, 1.165) is 0 Å². The summed E-state index contributed by atoms with van der Waals surface area (Å²) in [5.41, 5.74) is 1.22. The van der Waals surface area contributed by atoms with Gasteiger partial charge in [0.05, 0.1) is 15.6 Å². The summed E-state index contributed by atoms with van der Waals surface area (Å²) in [5, 5.41) is 3.41. The monoisotopic (exact) mass is 307 g/mol. The fraction of sp³-hybridized carbons (Fsp3) is 0.0667. The first kappa shape index (κ1) is 14.6. The Hall–Kier alpha value is -1.84. The molecular formula is C15H11Cl2NO2. The van der Waals surface area contributed by atoms with Crippen LogP contribution in [0.4, 0.5) is 5.69 Å². The number of Topliss-reactive ketones (excluding diaryl/α,β-unsaturated/α-hetero) is 1. The van der Waals surface area contributed by atoms with Gasteiger partial charge in [-0.1, -0.05) is 35.3 Å². The van der Waals surface area contributed by atoms with Gasteiger partial charge >= 0.3 is 0 Å². The molecule has 0 heterocycles. The normalized spacial score (nSPS) is 10.2. The zero-order chi connectivity index (χ0) is 14.7. The lowest BCUT2D eigenvalue weighted by Gasteiger charge is -2.08. The molecule has 0 fully saturated rings. The molecule has 0 aromatic heterocycles. The summed E-state index contributed by atoms with van der Waals surface area (Å²) in [6, 6.07) is 11.5. The van der Waals surface area contributed by atoms with Crippen LogP contribution >= 0.6 is 23.2 Å². The maximum absolute atomic E-state index is 12.1. The summed E-state index contributed by atoms with van der Waals surface area (Å²) in [6.45, 7) is 1.42. The Morgan fingerprint density at radius 2 is 1.60 bits per heavy atom. The van der Waals surface area contributed by atoms with Crippen molar-refractivity contribution in [2.75, 3.05) is 5.32 Å². The summed E-state index contributed by atoms with van der Waals surface area (Å²) in [6.07, 6.45) is 0. The maximum atomic E-state index is 12.1. The Morgan fingerprint density at radius 1 is 0.950 bits per heavy atom. The van der Waals surface area contributed by atoms with Crippen molar-refractivity contribution in [1.82, 2.24) is 0 Å². The highest BCUT2D eigenvalue weighted by Crippen LogP contribution is 2.22. The summed E-state index contributed by atoms with van der Waals surface area (Å²) < 4.78 is 0. The molecule has 2 rings (SSSR count). The molecule has 5 heteroatoms. The van der Waals surface area contributed by atoms with Crippen LogP contribution in [-0.2, 0) is 0 Å². The Morgan fingerprint density at radius 3 is 2.25 bits per heavy atom. The molecule has 0 radical (unpaired) electrons. The van der Waals surface area contributed by atoms with Crippen molar-refractivity contribution in [3.8, 4) is 0 Å². The third-order valence-electron chi connectivity index (χ3n) is 2.72. The molecule has 0 saturated carbocycles. The number of anilines is 1. The van der Waals surface area contributed by atoms with E-state index < -0.39 is 0 Å². The molecule has 0 bridgehead atoms. The number of ketones is 1. The second kappa shape index (κ2) is 6.07. The quantitative estimate of drug-likeness (QED) is 0.852. The summed E-state index contributed by atoms with van der Waals surface area (Å²) >= 11 is 11.9. The molecule has 0 aliphatic heterocycles. The zero-order valence-electron chi connectivity index (χ0n) is 10.6. The smallest absolute Gasteiger partial charge is 0.257 e. The third-order valence-corrected chi connectivity index (χ3v) is 3.38. The van der Waals surface area contributed by atoms with Crippen molar-refractivity contribution in [3.63, 3.8) is 0 Å². The molecule has 0 atom stereocenters. The fourth-order valence-corrected chi connectivity index (χ4v) is 2.19. The third kappa shape index (κ3) is 3.18. The van der Waals surface area contributed by atoms with Gasteiger partial charge in [0.15, 0.2) is 5.78 Å². The van der Waals surface area contributed by atoms with Crippen molar-refractivity contribution in [2.24, 2.45) is 0 Å². The topological polar surface area (TPSA) is 46.2 Å². The lowest BCUT2D eigenvalue weighted by atomic mass is 10.1. The van der Waals surface area contributed by atoms with Gasteiger partial charge in [-0.3, -0.25) is 9.59 Å². The van der Waals surface area contributed by atoms with E-state index in [2.05, 4.69) is 5.32 Å². The van der Waals surface area contributed by atoms with Gasteiger partial charge in [-0.2, -0.15) is 0 Å². The first-order chi connectivity index (χ1) is 9.49. The molecule has 2 aromatic carbocycles. The van der Waals surface area contributed by atoms with Gasteiger partial charge in [-0.25, -0.2) is 0 Å². The van der Waals surface area contributed by atoms with E-state index in [1.807, 2.05) is 0 Å². The van der Waals surface area contributed by atoms with Crippen LogP contribution in [0.25, 0.3) is 0 Å². The minimum atomic E-state index is -0.340. The standard InChI is InChI=1S/C15H11Cl2NO2/c1-9(19)12-8-10(6-7-14(12)17)18-15(20)11-4-2-3-5-13(11)16/h2-8H,1H3,(H,18,20). The molecule has 20 heavy (non-hydrogen) atoms. The highest BCUT2D eigenvalue weighted by Gasteiger charge is 2.12. The SMILES string of the molecule is CC(=O)c1cc(NC(=O)c2ccccc2Cl)ccc1Cl. The summed E-state index contributed by atoms with van der Waals surface area (Å²) in [5.74, 6) is -0.503. The van der Waals surface area contributed by atoms with Crippen molar-refractivity contribution in [2.45, 2.75) is 6.92 Å². The van der Waals surface area contributed by atoms with Gasteiger partial charge in [0.2, 0.25) is 0 Å². The zero-order valence-corrected chi connectivity index (χ0v) is 12.1. The molecule has 0 unspecified atom stereocenters. The minimum Gasteiger partial charge on any atom is -0.322 e. The number of halogens is 2. The number of hydrogen-bond donors (Lipinski definition) is 1. The molecule has 0 aliphatic carbocycles. The van der Waals surface area contributed by atoms with E-state index in [1.54, 1.807) is 42.5 Å². The van der Waals surface area contributed by atoms with Crippen molar-refractivity contribution < 1.29 is 9.59 Å². The van der Waals surface area contributed by atoms with Crippen LogP contribution < -0.4 is 5.32 Å². The number of carbonyl (C=O) groups excluding carboxylic acids is 2. The molecule has 102 valence electrons. The van der Waals surface area contributed by atoms with E-state index in [1.165, 1.54) is 6.92 Å². The van der Waals surface area contributed by atoms with Gasteiger partial charge in [0, 0.05) is 11.3 Å². The van der Waals surface area contributed by atoms with Gasteiger partial charge in [-0.05, 0) is 37.3 Å². The molecule has 0 saturated heterocycles. The second-order valence-corrected chi connectivity index (χ2v) is 5.00. The molecule has 0 spiro atoms. The molecule has 0 aliphatic rings. The Labute approximate surface area is 126 Å². The van der Waals surface area contributed by atoms with E-state index >= 15 is 0 Å². The average Bonchev–Trinajstić information content (AvgIpc) is 2.41. The van der Waals surface area contributed by atoms with Crippen molar-refractivity contribution >= 4 is 40.6 Å². The van der Waals surface area contributed by atoms with E-state index in [4.69, 9.17) is 23.2 Å². The number of rotatable bonds is 3. The molecule has 3 nitrogen and oxygen atoms in total. The Balaban J connectivity index is 2.27. The summed E-state index contributed by atoms with van der Waals surface area (Å²) in [4.78, 5) is 23.5. The van der Waals surface area contributed by atoms with E-state index in [-0.39, 0.29) is 11.7 Å². The van der Waals surface area contributed by atoms with Crippen molar-refractivity contribution in [3.05, 3.63) is 63.6 Å². The second-order valence-electron chi connectivity index (χ2n) is 4.18. The van der Waals surface area contributed by atoms with Gasteiger partial charge in [0.1, 0.15) is 0 Å². The van der Waals surface area contributed by atoms with Crippen LogP contribution in [0.3, 0.4) is 0 Å². The highest BCUT2D eigenvalue weighted by molar-refractivity contribution is 6.35. The molecular weight excluding hydrogens is 297 g/mol. The predicted molar refractivity (Wildman–Crippen MR) is 80.9 cm³/mol. The van der Waals surface area contributed by atoms with Crippen LogP contribution in [0.5, 0.6) is 0 Å². The number of amides is 1. The van der Waals surface area contributed by atoms with Crippen LogP contribution in [0.15, 0.2) is 42.5 Å². The highest BCUT2D eigenvalue weighted by atomic mass is 35.5. The molecule has 1 N–H and O–H groups in total. The van der Waals surface area contributed by atoms with Crippen LogP contribution in [0.1, 0.15) is 27.6 Å². The first-order valence-corrected chi connectivity index (χ1v) is 6.61. The lowest BCUT2D eigenvalue weighted by Crippen LogP contribution is -2.12. The summed E-state index contributed by atoms with van der Waals surface area (Å²) in [7, 11) is 0. The first-order valence-electron chi connectivity index (χ1n) is 5.85. The van der Waals surface area contributed by atoms with Crippen LogP contribution in [-0.4, -0.2) is 11.7 Å². The van der Waals surface area contributed by atoms with Gasteiger partial charge in [-0.15, -0.1) is 0 Å². The number of hydrogen-bond acceptors (Lipinski definition) is 2. The minimum absolute atomic E-state index is 0.163. The van der Waals surface area contributed by atoms with Crippen molar-refractivity contribution in [1.29, 1.82) is 0 Å². The van der Waals surface area contributed by atoms with E-state index in [0.29, 0.717) is 26.9 Å². The number of nitrogens with one attached hydrogen (secondary N) is 1. The number of benzene rings is 2. The molecule has 2 aromatic rings. The van der Waals surface area contributed by atoms with Gasteiger partial charge < -0.3 is 5.32 Å². The van der Waals surface area contributed by atoms with Crippen LogP contribution in [0.2, 0.25) is 10.0 Å². The molecule has 1 amide bonds. The number of carbonyl (C=O) groups is 2. The maximum Gasteiger partial charge on any atom is 0.257 e. The predicted octanol–water partition coefficient (Wildman–Crippen LogP) is 4.45. The van der Waals surface area contributed by atoms with E-state index in [9.17, 15) is 9.59 Å². The Kier molecular flexibility index (Phi) is 4.42. The average molecular weight is 308 g/mol. The largest absolute Gasteiger partial charge is 0.322 e. The Bertz CT molecular complexity index is 683. The van der Waals surface area contributed by atoms with Gasteiger partial charge in [0.25, 0.3) is 5.91 Å².